The molecule has 0 aliphatic rings. The number of nitrogens with zero attached hydrogens (tertiary/aromatic N) is 2. The average Bonchev–Trinajstić information content (AvgIpc) is 3.13. The van der Waals surface area contributed by atoms with Crippen molar-refractivity contribution in [3.8, 4) is 11.4 Å². The number of rotatable bonds is 5. The molecule has 1 aromatic carbocycles. The van der Waals surface area contributed by atoms with E-state index in [9.17, 15) is 19.5 Å². The van der Waals surface area contributed by atoms with Gasteiger partial charge in [-0.05, 0) is 29.8 Å². The van der Waals surface area contributed by atoms with E-state index < -0.39 is 17.2 Å². The molecule has 0 unspecified atom stereocenters. The van der Waals surface area contributed by atoms with Crippen LogP contribution in [-0.4, -0.2) is 25.6 Å². The zero-order valence-electron chi connectivity index (χ0n) is 14.6. The van der Waals surface area contributed by atoms with Gasteiger partial charge in [0.1, 0.15) is 17.2 Å². The SMILES string of the molecule is O=C(O)c1scc2[nH]c(=O)n(-c3cc(OCc4ccncc4)ccc3Cl)c(=O)c12. The molecule has 29 heavy (non-hydrogen) atoms. The van der Waals surface area contributed by atoms with Crippen molar-refractivity contribution in [1.29, 1.82) is 0 Å². The van der Waals surface area contributed by atoms with E-state index >= 15 is 0 Å². The highest BCUT2D eigenvalue weighted by Gasteiger charge is 2.20. The van der Waals surface area contributed by atoms with Crippen LogP contribution in [-0.2, 0) is 6.61 Å². The number of fused-ring (bicyclic) bond motifs is 1. The van der Waals surface area contributed by atoms with Crippen molar-refractivity contribution in [2.75, 3.05) is 0 Å². The molecule has 2 N–H and O–H groups in total. The summed E-state index contributed by atoms with van der Waals surface area (Å²) in [6.07, 6.45) is 3.28. The van der Waals surface area contributed by atoms with E-state index in [1.54, 1.807) is 30.6 Å². The molecule has 3 heterocycles. The van der Waals surface area contributed by atoms with Gasteiger partial charge in [0.25, 0.3) is 5.56 Å². The third kappa shape index (κ3) is 3.53. The highest BCUT2D eigenvalue weighted by molar-refractivity contribution is 7.13. The predicted molar refractivity (Wildman–Crippen MR) is 109 cm³/mol. The van der Waals surface area contributed by atoms with E-state index in [-0.39, 0.29) is 33.1 Å². The van der Waals surface area contributed by atoms with E-state index in [0.29, 0.717) is 5.75 Å². The van der Waals surface area contributed by atoms with Gasteiger partial charge in [-0.3, -0.25) is 9.78 Å². The second-order valence-corrected chi connectivity index (χ2v) is 7.27. The van der Waals surface area contributed by atoms with Crippen LogP contribution in [0.5, 0.6) is 5.75 Å². The molecule has 0 aliphatic heterocycles. The molecule has 0 radical (unpaired) electrons. The lowest BCUT2D eigenvalue weighted by Crippen LogP contribution is -2.34. The number of aromatic nitrogens is 3. The lowest BCUT2D eigenvalue weighted by atomic mass is 10.2. The van der Waals surface area contributed by atoms with E-state index in [1.165, 1.54) is 17.5 Å². The van der Waals surface area contributed by atoms with Crippen LogP contribution >= 0.6 is 22.9 Å². The van der Waals surface area contributed by atoms with Gasteiger partial charge in [0, 0.05) is 23.8 Å². The Morgan fingerprint density at radius 1 is 1.24 bits per heavy atom. The number of carbonyl (C=O) groups is 1. The summed E-state index contributed by atoms with van der Waals surface area (Å²) in [7, 11) is 0. The summed E-state index contributed by atoms with van der Waals surface area (Å²) >= 11 is 7.09. The van der Waals surface area contributed by atoms with Gasteiger partial charge in [0.05, 0.1) is 21.6 Å². The highest BCUT2D eigenvalue weighted by atomic mass is 35.5. The van der Waals surface area contributed by atoms with E-state index in [1.807, 2.05) is 0 Å². The number of carboxylic acids is 1. The number of H-pyrrole nitrogens is 1. The van der Waals surface area contributed by atoms with Crippen molar-refractivity contribution in [2.24, 2.45) is 0 Å². The van der Waals surface area contributed by atoms with Crippen LogP contribution in [0, 0.1) is 0 Å². The fraction of sp³-hybridized carbons (Fsp3) is 0.0526. The zero-order chi connectivity index (χ0) is 20.5. The number of nitrogens with one attached hydrogen (secondary N) is 1. The first kappa shape index (κ1) is 18.9. The topological polar surface area (TPSA) is 114 Å². The Bertz CT molecular complexity index is 1340. The normalized spacial score (nSPS) is 10.9. The zero-order valence-corrected chi connectivity index (χ0v) is 16.2. The monoisotopic (exact) mass is 429 g/mol. The summed E-state index contributed by atoms with van der Waals surface area (Å²) in [4.78, 5) is 43.2. The molecule has 0 spiro atoms. The highest BCUT2D eigenvalue weighted by Crippen LogP contribution is 2.26. The Hall–Kier alpha value is -3.43. The minimum absolute atomic E-state index is 0.0822. The number of aromatic carboxylic acids is 1. The maximum Gasteiger partial charge on any atom is 0.346 e. The first-order valence-electron chi connectivity index (χ1n) is 8.27. The molecule has 0 fully saturated rings. The number of thiophene rings is 1. The van der Waals surface area contributed by atoms with Crippen LogP contribution < -0.4 is 16.0 Å². The molecule has 3 aromatic heterocycles. The lowest BCUT2D eigenvalue weighted by Gasteiger charge is -2.11. The quantitative estimate of drug-likeness (QED) is 0.504. The Balaban J connectivity index is 1.81. The van der Waals surface area contributed by atoms with Crippen molar-refractivity contribution < 1.29 is 14.6 Å². The van der Waals surface area contributed by atoms with Crippen LogP contribution in [0.3, 0.4) is 0 Å². The molecule has 4 rings (SSSR count). The summed E-state index contributed by atoms with van der Waals surface area (Å²) < 4.78 is 6.53. The van der Waals surface area contributed by atoms with Gasteiger partial charge in [-0.1, -0.05) is 11.6 Å². The van der Waals surface area contributed by atoms with Crippen molar-refractivity contribution in [3.05, 3.63) is 84.4 Å². The third-order valence-electron chi connectivity index (χ3n) is 4.16. The lowest BCUT2D eigenvalue weighted by molar-refractivity contribution is 0.0704. The van der Waals surface area contributed by atoms with Gasteiger partial charge in [-0.15, -0.1) is 11.3 Å². The number of benzene rings is 1. The van der Waals surface area contributed by atoms with Gasteiger partial charge in [-0.2, -0.15) is 0 Å². The third-order valence-corrected chi connectivity index (χ3v) is 5.45. The summed E-state index contributed by atoms with van der Waals surface area (Å²) in [5.41, 5.74) is -0.354. The molecule has 0 aliphatic carbocycles. The van der Waals surface area contributed by atoms with Gasteiger partial charge >= 0.3 is 11.7 Å². The number of hydrogen-bond acceptors (Lipinski definition) is 6. The number of ether oxygens (including phenoxy) is 1. The minimum Gasteiger partial charge on any atom is -0.489 e. The molecule has 10 heteroatoms. The Morgan fingerprint density at radius 2 is 2.00 bits per heavy atom. The van der Waals surface area contributed by atoms with Gasteiger partial charge in [-0.25, -0.2) is 14.2 Å². The Morgan fingerprint density at radius 3 is 2.72 bits per heavy atom. The van der Waals surface area contributed by atoms with E-state index in [2.05, 4.69) is 9.97 Å². The van der Waals surface area contributed by atoms with E-state index in [0.717, 1.165) is 21.5 Å². The van der Waals surface area contributed by atoms with Crippen LogP contribution in [0.4, 0.5) is 0 Å². The molecular formula is C19H12ClN3O5S. The second-order valence-electron chi connectivity index (χ2n) is 5.99. The standard InChI is InChI=1S/C19H12ClN3O5S/c20-12-2-1-11(28-8-10-3-5-21-6-4-10)7-14(12)23-17(24)15-13(22-19(23)27)9-29-16(15)18(25)26/h1-7,9H,8H2,(H,22,27)(H,25,26). The van der Waals surface area contributed by atoms with Gasteiger partial charge in [0.2, 0.25) is 0 Å². The van der Waals surface area contributed by atoms with Crippen LogP contribution in [0.15, 0.2) is 57.7 Å². The summed E-state index contributed by atoms with van der Waals surface area (Å²) in [6.45, 7) is 0.252. The molecule has 0 amide bonds. The van der Waals surface area contributed by atoms with Crippen LogP contribution in [0.25, 0.3) is 16.6 Å². The van der Waals surface area contributed by atoms with Crippen molar-refractivity contribution >= 4 is 39.8 Å². The number of halogens is 1. The first-order chi connectivity index (χ1) is 14.0. The largest absolute Gasteiger partial charge is 0.489 e. The number of aromatic amines is 1. The molecule has 0 saturated carbocycles. The molecular weight excluding hydrogens is 418 g/mol. The smallest absolute Gasteiger partial charge is 0.346 e. The van der Waals surface area contributed by atoms with Crippen LogP contribution in [0.1, 0.15) is 15.2 Å². The summed E-state index contributed by atoms with van der Waals surface area (Å²) in [5.74, 6) is -0.863. The fourth-order valence-corrected chi connectivity index (χ4v) is 3.84. The number of hydrogen-bond donors (Lipinski definition) is 2. The molecule has 0 bridgehead atoms. The molecule has 4 aromatic rings. The van der Waals surface area contributed by atoms with Gasteiger partial charge < -0.3 is 14.8 Å². The maximum absolute atomic E-state index is 13.0. The Labute approximate surface area is 171 Å². The predicted octanol–water partition coefficient (Wildman–Crippen LogP) is 3.07. The molecule has 0 atom stereocenters. The summed E-state index contributed by atoms with van der Waals surface area (Å²) in [6, 6.07) is 8.16. The number of pyridine rings is 1. The second kappa shape index (κ2) is 7.53. The van der Waals surface area contributed by atoms with E-state index in [4.69, 9.17) is 16.3 Å². The molecule has 8 nitrogen and oxygen atoms in total. The van der Waals surface area contributed by atoms with Crippen molar-refractivity contribution in [2.45, 2.75) is 6.61 Å². The number of carboxylic acid groups (broad SMARTS) is 1. The first-order valence-corrected chi connectivity index (χ1v) is 9.53. The van der Waals surface area contributed by atoms with Crippen molar-refractivity contribution in [1.82, 2.24) is 14.5 Å². The molecule has 0 saturated heterocycles. The fourth-order valence-electron chi connectivity index (χ4n) is 2.81. The van der Waals surface area contributed by atoms with Crippen LogP contribution in [0.2, 0.25) is 5.02 Å². The van der Waals surface area contributed by atoms with Crippen molar-refractivity contribution in [3.63, 3.8) is 0 Å². The minimum atomic E-state index is -1.25. The average molecular weight is 430 g/mol. The summed E-state index contributed by atoms with van der Waals surface area (Å²) in [5, 5.41) is 10.8. The maximum atomic E-state index is 13.0. The van der Waals surface area contributed by atoms with Gasteiger partial charge in [0.15, 0.2) is 0 Å². The Kier molecular flexibility index (Phi) is 4.91. The molecule has 146 valence electrons.